The van der Waals surface area contributed by atoms with Crippen molar-refractivity contribution in [2.45, 2.75) is 6.42 Å². The molecule has 0 spiro atoms. The van der Waals surface area contributed by atoms with Gasteiger partial charge in [0.1, 0.15) is 5.75 Å². The van der Waals surface area contributed by atoms with Crippen molar-refractivity contribution in [1.82, 2.24) is 4.90 Å². The second kappa shape index (κ2) is 6.01. The van der Waals surface area contributed by atoms with Crippen molar-refractivity contribution in [3.63, 3.8) is 0 Å². The number of carbonyl (C=O) groups excluding carboxylic acids is 1. The van der Waals surface area contributed by atoms with Crippen LogP contribution >= 0.6 is 15.9 Å². The van der Waals surface area contributed by atoms with Gasteiger partial charge in [0, 0.05) is 17.4 Å². The van der Waals surface area contributed by atoms with Crippen LogP contribution in [0.2, 0.25) is 0 Å². The van der Waals surface area contributed by atoms with Crippen LogP contribution in [-0.4, -0.2) is 38.4 Å². The Hall–Kier alpha value is -0.870. The third-order valence-corrected chi connectivity index (χ3v) is 2.74. The van der Waals surface area contributed by atoms with Gasteiger partial charge in [-0.2, -0.15) is 0 Å². The van der Waals surface area contributed by atoms with E-state index in [9.17, 15) is 4.79 Å². The van der Waals surface area contributed by atoms with E-state index in [0.717, 1.165) is 11.0 Å². The van der Waals surface area contributed by atoms with Gasteiger partial charge in [0.15, 0.2) is 5.78 Å². The van der Waals surface area contributed by atoms with E-state index in [1.165, 1.54) is 0 Å². The maximum absolute atomic E-state index is 12.0. The number of hydrogen-bond donors (Lipinski definition) is 0. The first-order chi connectivity index (χ1) is 7.54. The van der Waals surface area contributed by atoms with E-state index in [2.05, 4.69) is 15.9 Å². The summed E-state index contributed by atoms with van der Waals surface area (Å²) in [5, 5.41) is 0. The molecule has 0 heterocycles. The first-order valence-electron chi connectivity index (χ1n) is 5.06. The number of benzene rings is 1. The molecule has 16 heavy (non-hydrogen) atoms. The Morgan fingerprint density at radius 1 is 1.44 bits per heavy atom. The lowest BCUT2D eigenvalue weighted by atomic mass is 10.1. The average Bonchev–Trinajstić information content (AvgIpc) is 2.25. The lowest BCUT2D eigenvalue weighted by molar-refractivity contribution is 0.0969. The summed E-state index contributed by atoms with van der Waals surface area (Å²) < 4.78 is 6.06. The lowest BCUT2D eigenvalue weighted by Crippen LogP contribution is -2.17. The van der Waals surface area contributed by atoms with Gasteiger partial charge in [-0.3, -0.25) is 4.79 Å². The van der Waals surface area contributed by atoms with Gasteiger partial charge in [0.2, 0.25) is 0 Å². The molecule has 88 valence electrons. The summed E-state index contributed by atoms with van der Waals surface area (Å²) in [5.41, 5.74) is 0.638. The maximum atomic E-state index is 12.0. The summed E-state index contributed by atoms with van der Waals surface area (Å²) in [6, 6.07) is 5.46. The van der Waals surface area contributed by atoms with Crippen molar-refractivity contribution in [1.29, 1.82) is 0 Å². The van der Waals surface area contributed by atoms with Crippen LogP contribution in [0.5, 0.6) is 5.75 Å². The Labute approximate surface area is 105 Å². The normalized spacial score (nSPS) is 10.6. The fourth-order valence-corrected chi connectivity index (χ4v) is 1.72. The van der Waals surface area contributed by atoms with Crippen LogP contribution in [0, 0.1) is 0 Å². The Morgan fingerprint density at radius 3 is 2.69 bits per heavy atom. The van der Waals surface area contributed by atoms with Crippen molar-refractivity contribution in [2.24, 2.45) is 0 Å². The van der Waals surface area contributed by atoms with Crippen LogP contribution in [0.3, 0.4) is 0 Å². The van der Waals surface area contributed by atoms with Gasteiger partial charge < -0.3 is 9.64 Å². The van der Waals surface area contributed by atoms with E-state index in [1.807, 2.05) is 25.1 Å². The average molecular weight is 286 g/mol. The van der Waals surface area contributed by atoms with Crippen LogP contribution < -0.4 is 4.74 Å². The van der Waals surface area contributed by atoms with Crippen molar-refractivity contribution in [3.05, 3.63) is 28.2 Å². The van der Waals surface area contributed by atoms with E-state index in [1.54, 1.807) is 19.2 Å². The zero-order valence-corrected chi connectivity index (χ0v) is 11.4. The summed E-state index contributed by atoms with van der Waals surface area (Å²) >= 11 is 3.36. The number of hydrogen-bond acceptors (Lipinski definition) is 3. The van der Waals surface area contributed by atoms with E-state index in [-0.39, 0.29) is 5.78 Å². The number of carbonyl (C=O) groups is 1. The standard InChI is InChI=1S/C12H16BrNO2/c1-14(2)7-6-11(15)10-8-9(13)4-5-12(10)16-3/h4-5,8H,6-7H2,1-3H3. The molecule has 3 nitrogen and oxygen atoms in total. The molecular weight excluding hydrogens is 270 g/mol. The molecule has 0 atom stereocenters. The van der Waals surface area contributed by atoms with Crippen molar-refractivity contribution in [3.8, 4) is 5.75 Å². The maximum Gasteiger partial charge on any atom is 0.167 e. The molecule has 0 amide bonds. The molecule has 0 saturated heterocycles. The predicted molar refractivity (Wildman–Crippen MR) is 68.2 cm³/mol. The van der Waals surface area contributed by atoms with Gasteiger partial charge >= 0.3 is 0 Å². The predicted octanol–water partition coefficient (Wildman–Crippen LogP) is 2.59. The number of ketones is 1. The molecule has 0 aliphatic heterocycles. The molecule has 4 heteroatoms. The molecule has 1 aromatic carbocycles. The minimum absolute atomic E-state index is 0.104. The van der Waals surface area contributed by atoms with Crippen molar-refractivity contribution < 1.29 is 9.53 Å². The molecule has 0 aliphatic rings. The second-order valence-corrected chi connectivity index (χ2v) is 4.74. The first-order valence-corrected chi connectivity index (χ1v) is 5.85. The Kier molecular flexibility index (Phi) is 4.96. The highest BCUT2D eigenvalue weighted by Gasteiger charge is 2.12. The minimum atomic E-state index is 0.104. The van der Waals surface area contributed by atoms with E-state index < -0.39 is 0 Å². The summed E-state index contributed by atoms with van der Waals surface area (Å²) in [4.78, 5) is 13.9. The number of methoxy groups -OCH3 is 1. The number of nitrogens with zero attached hydrogens (tertiary/aromatic N) is 1. The molecule has 0 fully saturated rings. The summed E-state index contributed by atoms with van der Waals surface area (Å²) in [5.74, 6) is 0.735. The zero-order valence-electron chi connectivity index (χ0n) is 9.79. The summed E-state index contributed by atoms with van der Waals surface area (Å²) in [6.07, 6.45) is 0.500. The highest BCUT2D eigenvalue weighted by molar-refractivity contribution is 9.10. The SMILES string of the molecule is COc1ccc(Br)cc1C(=O)CCN(C)C. The van der Waals surface area contributed by atoms with Crippen LogP contribution in [0.4, 0.5) is 0 Å². The van der Waals surface area contributed by atoms with E-state index in [4.69, 9.17) is 4.74 Å². The molecular formula is C12H16BrNO2. The zero-order chi connectivity index (χ0) is 12.1. The van der Waals surface area contributed by atoms with Crippen LogP contribution in [0.15, 0.2) is 22.7 Å². The van der Waals surface area contributed by atoms with Gasteiger partial charge in [0.05, 0.1) is 12.7 Å². The van der Waals surface area contributed by atoms with Gasteiger partial charge in [-0.25, -0.2) is 0 Å². The Balaban J connectivity index is 2.84. The monoisotopic (exact) mass is 285 g/mol. The van der Waals surface area contributed by atoms with E-state index >= 15 is 0 Å². The lowest BCUT2D eigenvalue weighted by Gasteiger charge is -2.11. The molecule has 0 radical (unpaired) electrons. The van der Waals surface area contributed by atoms with Crippen LogP contribution in [0.25, 0.3) is 0 Å². The highest BCUT2D eigenvalue weighted by atomic mass is 79.9. The second-order valence-electron chi connectivity index (χ2n) is 3.82. The summed E-state index contributed by atoms with van der Waals surface area (Å²) in [6.45, 7) is 0.745. The quantitative estimate of drug-likeness (QED) is 0.779. The van der Waals surface area contributed by atoms with Crippen molar-refractivity contribution >= 4 is 21.7 Å². The third kappa shape index (κ3) is 3.61. The fourth-order valence-electron chi connectivity index (χ4n) is 1.36. The number of Topliss-reactive ketones (excluding diaryl/α,β-unsaturated/α-hetero) is 1. The van der Waals surface area contributed by atoms with Gasteiger partial charge in [-0.15, -0.1) is 0 Å². The Morgan fingerprint density at radius 2 is 2.12 bits per heavy atom. The van der Waals surface area contributed by atoms with Crippen LogP contribution in [-0.2, 0) is 0 Å². The molecule has 0 aliphatic carbocycles. The smallest absolute Gasteiger partial charge is 0.167 e. The molecule has 0 bridgehead atoms. The van der Waals surface area contributed by atoms with Crippen LogP contribution in [0.1, 0.15) is 16.8 Å². The molecule has 1 rings (SSSR count). The fraction of sp³-hybridized carbons (Fsp3) is 0.417. The molecule has 0 saturated carbocycles. The van der Waals surface area contributed by atoms with Gasteiger partial charge in [0.25, 0.3) is 0 Å². The summed E-state index contributed by atoms with van der Waals surface area (Å²) in [7, 11) is 5.48. The number of halogens is 1. The molecule has 0 aromatic heterocycles. The topological polar surface area (TPSA) is 29.5 Å². The Bertz CT molecular complexity index is 377. The third-order valence-electron chi connectivity index (χ3n) is 2.25. The van der Waals surface area contributed by atoms with Crippen molar-refractivity contribution in [2.75, 3.05) is 27.7 Å². The first kappa shape index (κ1) is 13.2. The largest absolute Gasteiger partial charge is 0.496 e. The number of rotatable bonds is 5. The van der Waals surface area contributed by atoms with Gasteiger partial charge in [-0.1, -0.05) is 15.9 Å². The highest BCUT2D eigenvalue weighted by Crippen LogP contribution is 2.24. The van der Waals surface area contributed by atoms with Gasteiger partial charge in [-0.05, 0) is 32.3 Å². The molecule has 0 unspecified atom stereocenters. The van der Waals surface area contributed by atoms with E-state index in [0.29, 0.717) is 17.7 Å². The molecule has 0 N–H and O–H groups in total. The molecule has 1 aromatic rings. The minimum Gasteiger partial charge on any atom is -0.496 e. The number of ether oxygens (including phenoxy) is 1.